The van der Waals surface area contributed by atoms with Crippen molar-refractivity contribution in [2.24, 2.45) is 0 Å². The molecule has 72 valence electrons. The van der Waals surface area contributed by atoms with Crippen LogP contribution in [0.3, 0.4) is 0 Å². The highest BCUT2D eigenvalue weighted by atomic mass is 19.3. The highest BCUT2D eigenvalue weighted by Crippen LogP contribution is 2.37. The fourth-order valence-electron chi connectivity index (χ4n) is 1.44. The van der Waals surface area contributed by atoms with E-state index >= 15 is 0 Å². The van der Waals surface area contributed by atoms with E-state index in [4.69, 9.17) is 0 Å². The van der Waals surface area contributed by atoms with E-state index in [9.17, 15) is 8.78 Å². The van der Waals surface area contributed by atoms with E-state index in [1.807, 2.05) is 6.07 Å². The zero-order chi connectivity index (χ0) is 9.31. The second-order valence-corrected chi connectivity index (χ2v) is 3.42. The molecule has 1 heterocycles. The van der Waals surface area contributed by atoms with Crippen molar-refractivity contribution in [3.8, 4) is 0 Å². The molecule has 1 saturated carbocycles. The smallest absolute Gasteiger partial charge is 0.251 e. The third-order valence-corrected chi connectivity index (χ3v) is 2.23. The fraction of sp³-hybridized carbons (Fsp3) is 0.625. The van der Waals surface area contributed by atoms with Crippen LogP contribution in [0.15, 0.2) is 12.3 Å². The molecular formula is C8H11F2N3. The molecule has 0 atom stereocenters. The maximum Gasteiger partial charge on any atom is 0.251 e. The molecule has 0 amide bonds. The number of H-pyrrole nitrogens is 1. The monoisotopic (exact) mass is 187 g/mol. The van der Waals surface area contributed by atoms with Crippen molar-refractivity contribution in [3.05, 3.63) is 18.0 Å². The van der Waals surface area contributed by atoms with Gasteiger partial charge >= 0.3 is 0 Å². The molecule has 0 aromatic carbocycles. The molecular weight excluding hydrogens is 176 g/mol. The Labute approximate surface area is 74.5 Å². The average molecular weight is 187 g/mol. The Morgan fingerprint density at radius 3 is 2.92 bits per heavy atom. The SMILES string of the molecule is FC1(F)CC(NCc2ccn[nH]2)C1. The molecule has 0 aliphatic heterocycles. The lowest BCUT2D eigenvalue weighted by Crippen LogP contribution is -2.48. The highest BCUT2D eigenvalue weighted by molar-refractivity contribution is 4.99. The van der Waals surface area contributed by atoms with Gasteiger partial charge in [-0.2, -0.15) is 5.10 Å². The summed E-state index contributed by atoms with van der Waals surface area (Å²) in [4.78, 5) is 0. The second kappa shape index (κ2) is 3.06. The summed E-state index contributed by atoms with van der Waals surface area (Å²) in [5, 5.41) is 9.55. The van der Waals surface area contributed by atoms with Crippen LogP contribution in [0, 0.1) is 0 Å². The molecule has 13 heavy (non-hydrogen) atoms. The first-order chi connectivity index (χ1) is 6.16. The van der Waals surface area contributed by atoms with Crippen LogP contribution in [-0.4, -0.2) is 22.2 Å². The highest BCUT2D eigenvalue weighted by Gasteiger charge is 2.44. The van der Waals surface area contributed by atoms with E-state index in [0.29, 0.717) is 6.54 Å². The summed E-state index contributed by atoms with van der Waals surface area (Å²) in [6, 6.07) is 1.78. The average Bonchev–Trinajstić information content (AvgIpc) is 2.48. The molecule has 1 aliphatic rings. The van der Waals surface area contributed by atoms with Gasteiger partial charge in [0.05, 0.1) is 0 Å². The molecule has 0 bridgehead atoms. The lowest BCUT2D eigenvalue weighted by Gasteiger charge is -2.35. The quantitative estimate of drug-likeness (QED) is 0.748. The van der Waals surface area contributed by atoms with Gasteiger partial charge in [0.1, 0.15) is 0 Å². The number of aromatic amines is 1. The van der Waals surface area contributed by atoms with Crippen molar-refractivity contribution < 1.29 is 8.78 Å². The molecule has 1 aromatic rings. The first-order valence-electron chi connectivity index (χ1n) is 4.25. The molecule has 3 nitrogen and oxygen atoms in total. The van der Waals surface area contributed by atoms with Crippen LogP contribution in [0.1, 0.15) is 18.5 Å². The van der Waals surface area contributed by atoms with Gasteiger partial charge in [-0.05, 0) is 6.07 Å². The van der Waals surface area contributed by atoms with Gasteiger partial charge < -0.3 is 5.32 Å². The van der Waals surface area contributed by atoms with E-state index in [2.05, 4.69) is 15.5 Å². The third kappa shape index (κ3) is 2.03. The predicted molar refractivity (Wildman–Crippen MR) is 43.4 cm³/mol. The largest absolute Gasteiger partial charge is 0.308 e. The molecule has 2 N–H and O–H groups in total. The minimum absolute atomic E-state index is 0.0405. The van der Waals surface area contributed by atoms with Crippen molar-refractivity contribution in [2.75, 3.05) is 0 Å². The first-order valence-corrected chi connectivity index (χ1v) is 4.25. The van der Waals surface area contributed by atoms with Crippen molar-refractivity contribution >= 4 is 0 Å². The van der Waals surface area contributed by atoms with Crippen molar-refractivity contribution in [2.45, 2.75) is 31.4 Å². The number of hydrogen-bond donors (Lipinski definition) is 2. The second-order valence-electron chi connectivity index (χ2n) is 3.42. The Balaban J connectivity index is 1.71. The predicted octanol–water partition coefficient (Wildman–Crippen LogP) is 1.30. The van der Waals surface area contributed by atoms with Gasteiger partial charge in [-0.15, -0.1) is 0 Å². The van der Waals surface area contributed by atoms with Crippen LogP contribution < -0.4 is 5.32 Å². The fourth-order valence-corrected chi connectivity index (χ4v) is 1.44. The lowest BCUT2D eigenvalue weighted by atomic mass is 9.88. The van der Waals surface area contributed by atoms with Crippen molar-refractivity contribution in [3.63, 3.8) is 0 Å². The molecule has 1 fully saturated rings. The summed E-state index contributed by atoms with van der Waals surface area (Å²) in [7, 11) is 0. The third-order valence-electron chi connectivity index (χ3n) is 2.23. The Kier molecular flexibility index (Phi) is 2.03. The number of nitrogens with zero attached hydrogens (tertiary/aromatic N) is 1. The summed E-state index contributed by atoms with van der Waals surface area (Å²) in [5.74, 6) is -2.44. The number of rotatable bonds is 3. The van der Waals surface area contributed by atoms with Gasteiger partial charge in [0.15, 0.2) is 0 Å². The summed E-state index contributed by atoms with van der Waals surface area (Å²) in [5.41, 5.74) is 0.926. The van der Waals surface area contributed by atoms with Crippen LogP contribution in [-0.2, 0) is 6.54 Å². The van der Waals surface area contributed by atoms with Gasteiger partial charge in [-0.25, -0.2) is 8.78 Å². The van der Waals surface area contributed by atoms with E-state index < -0.39 is 5.92 Å². The Morgan fingerprint density at radius 2 is 2.38 bits per heavy atom. The zero-order valence-electron chi connectivity index (χ0n) is 7.06. The van der Waals surface area contributed by atoms with Crippen molar-refractivity contribution in [1.82, 2.24) is 15.5 Å². The molecule has 0 radical (unpaired) electrons. The van der Waals surface area contributed by atoms with Crippen LogP contribution in [0.2, 0.25) is 0 Å². The molecule has 1 aliphatic carbocycles. The molecule has 1 aromatic heterocycles. The maximum atomic E-state index is 12.4. The summed E-state index contributed by atoms with van der Waals surface area (Å²) < 4.78 is 24.8. The molecule has 5 heteroatoms. The number of hydrogen-bond acceptors (Lipinski definition) is 2. The van der Waals surface area contributed by atoms with E-state index in [1.165, 1.54) is 0 Å². The normalized spacial score (nSPS) is 21.4. The number of halogens is 2. The molecule has 0 saturated heterocycles. The van der Waals surface area contributed by atoms with Crippen LogP contribution in [0.4, 0.5) is 8.78 Å². The van der Waals surface area contributed by atoms with Crippen LogP contribution >= 0.6 is 0 Å². The van der Waals surface area contributed by atoms with E-state index in [1.54, 1.807) is 6.20 Å². The van der Waals surface area contributed by atoms with Crippen LogP contribution in [0.5, 0.6) is 0 Å². The minimum atomic E-state index is -2.44. The Bertz CT molecular complexity index is 263. The standard InChI is InChI=1S/C8H11F2N3/c9-8(10)3-7(4-8)11-5-6-1-2-12-13-6/h1-2,7,11H,3-5H2,(H,12,13). The Morgan fingerprint density at radius 1 is 1.62 bits per heavy atom. The van der Waals surface area contributed by atoms with Gasteiger partial charge in [-0.1, -0.05) is 0 Å². The topological polar surface area (TPSA) is 40.7 Å². The van der Waals surface area contributed by atoms with Gasteiger partial charge in [0.2, 0.25) is 0 Å². The van der Waals surface area contributed by atoms with Gasteiger partial charge in [-0.3, -0.25) is 5.10 Å². The molecule has 0 unspecified atom stereocenters. The molecule has 2 rings (SSSR count). The number of alkyl halides is 2. The van der Waals surface area contributed by atoms with Crippen LogP contribution in [0.25, 0.3) is 0 Å². The van der Waals surface area contributed by atoms with E-state index in [-0.39, 0.29) is 18.9 Å². The zero-order valence-corrected chi connectivity index (χ0v) is 7.06. The van der Waals surface area contributed by atoms with E-state index in [0.717, 1.165) is 5.69 Å². The maximum absolute atomic E-state index is 12.4. The summed E-state index contributed by atoms with van der Waals surface area (Å²) in [6.45, 7) is 0.584. The number of nitrogens with one attached hydrogen (secondary N) is 2. The summed E-state index contributed by atoms with van der Waals surface area (Å²) in [6.07, 6.45) is 1.56. The van der Waals surface area contributed by atoms with Crippen molar-refractivity contribution in [1.29, 1.82) is 0 Å². The molecule has 0 spiro atoms. The van der Waals surface area contributed by atoms with Gasteiger partial charge in [0.25, 0.3) is 5.92 Å². The lowest BCUT2D eigenvalue weighted by molar-refractivity contribution is -0.0930. The minimum Gasteiger partial charge on any atom is -0.308 e. The Hall–Kier alpha value is -0.970. The first kappa shape index (κ1) is 8.62. The summed E-state index contributed by atoms with van der Waals surface area (Å²) >= 11 is 0. The number of aromatic nitrogens is 2. The van der Waals surface area contributed by atoms with Gasteiger partial charge in [0, 0.05) is 37.3 Å².